The Bertz CT molecular complexity index is 1510. The van der Waals surface area contributed by atoms with Gasteiger partial charge in [-0.3, -0.25) is 13.9 Å². The predicted octanol–water partition coefficient (Wildman–Crippen LogP) is 6.45. The van der Waals surface area contributed by atoms with Crippen LogP contribution >= 0.6 is 23.2 Å². The van der Waals surface area contributed by atoms with Crippen molar-refractivity contribution in [1.29, 1.82) is 0 Å². The molecule has 3 rings (SSSR count). The number of carbonyl (C=O) groups excluding carboxylic acids is 2. The molecule has 7 nitrogen and oxygen atoms in total. The van der Waals surface area contributed by atoms with Crippen molar-refractivity contribution in [3.63, 3.8) is 0 Å². The van der Waals surface area contributed by atoms with Gasteiger partial charge in [-0.05, 0) is 94.1 Å². The first-order chi connectivity index (χ1) is 19.2. The van der Waals surface area contributed by atoms with Crippen LogP contribution in [0.1, 0.15) is 49.4 Å². The number of hydrogen-bond donors (Lipinski definition) is 1. The summed E-state index contributed by atoms with van der Waals surface area (Å²) in [6.07, 6.45) is 0.717. The standard InChI is InChI=1S/C31H37Cl2N3O4S/c1-7-23(5)34-31(38)24(6)35(18-25-11-15-28(32)29(33)17-25)30(37)19-36(26-12-10-21(3)22(4)16-26)41(39,40)27-13-8-20(2)9-14-27/h8-17,23-24H,7,18-19H2,1-6H3,(H,34,38)/t23-,24+/m1/s1. The summed E-state index contributed by atoms with van der Waals surface area (Å²) < 4.78 is 29.0. The van der Waals surface area contributed by atoms with Gasteiger partial charge in [0.15, 0.2) is 0 Å². The maximum atomic E-state index is 14.0. The van der Waals surface area contributed by atoms with Crippen LogP contribution in [0.3, 0.4) is 0 Å². The van der Waals surface area contributed by atoms with Crippen molar-refractivity contribution < 1.29 is 18.0 Å². The molecule has 0 fully saturated rings. The molecule has 41 heavy (non-hydrogen) atoms. The van der Waals surface area contributed by atoms with Crippen molar-refractivity contribution in [2.45, 2.75) is 71.5 Å². The van der Waals surface area contributed by atoms with Gasteiger partial charge in [-0.15, -0.1) is 0 Å². The number of anilines is 1. The molecule has 3 aromatic rings. The summed E-state index contributed by atoms with van der Waals surface area (Å²) in [6.45, 7) is 10.7. The van der Waals surface area contributed by atoms with E-state index in [1.54, 1.807) is 49.4 Å². The van der Waals surface area contributed by atoms with E-state index in [0.29, 0.717) is 27.7 Å². The predicted molar refractivity (Wildman–Crippen MR) is 166 cm³/mol. The average molecular weight is 619 g/mol. The van der Waals surface area contributed by atoms with E-state index >= 15 is 0 Å². The number of halogens is 2. The van der Waals surface area contributed by atoms with Crippen LogP contribution in [0.5, 0.6) is 0 Å². The molecular weight excluding hydrogens is 581 g/mol. The molecule has 0 spiro atoms. The molecule has 0 aliphatic heterocycles. The summed E-state index contributed by atoms with van der Waals surface area (Å²) in [5.74, 6) is -0.885. The topological polar surface area (TPSA) is 86.8 Å². The second-order valence-electron chi connectivity index (χ2n) is 10.4. The van der Waals surface area contributed by atoms with E-state index in [1.807, 2.05) is 40.7 Å². The fourth-order valence-electron chi connectivity index (χ4n) is 4.13. The van der Waals surface area contributed by atoms with Crippen molar-refractivity contribution in [3.8, 4) is 0 Å². The highest BCUT2D eigenvalue weighted by Gasteiger charge is 2.33. The Morgan fingerprint density at radius 2 is 1.54 bits per heavy atom. The van der Waals surface area contributed by atoms with Crippen LogP contribution in [-0.4, -0.2) is 43.8 Å². The molecule has 2 amide bonds. The highest BCUT2D eigenvalue weighted by molar-refractivity contribution is 7.92. The molecule has 10 heteroatoms. The molecule has 0 radical (unpaired) electrons. The average Bonchev–Trinajstić information content (AvgIpc) is 2.93. The highest BCUT2D eigenvalue weighted by Crippen LogP contribution is 2.28. The Morgan fingerprint density at radius 3 is 2.12 bits per heavy atom. The van der Waals surface area contributed by atoms with E-state index in [4.69, 9.17) is 23.2 Å². The summed E-state index contributed by atoms with van der Waals surface area (Å²) in [4.78, 5) is 28.7. The monoisotopic (exact) mass is 617 g/mol. The molecule has 0 saturated carbocycles. The van der Waals surface area contributed by atoms with Gasteiger partial charge in [-0.2, -0.15) is 0 Å². The van der Waals surface area contributed by atoms with Crippen LogP contribution in [-0.2, 0) is 26.2 Å². The number of sulfonamides is 1. The minimum atomic E-state index is -4.14. The van der Waals surface area contributed by atoms with Gasteiger partial charge in [0, 0.05) is 12.6 Å². The number of hydrogen-bond acceptors (Lipinski definition) is 4. The lowest BCUT2D eigenvalue weighted by atomic mass is 10.1. The Hall–Kier alpha value is -3.07. The Balaban J connectivity index is 2.06. The van der Waals surface area contributed by atoms with Gasteiger partial charge in [0.25, 0.3) is 10.0 Å². The molecule has 2 atom stereocenters. The number of carbonyl (C=O) groups is 2. The fraction of sp³-hybridized carbons (Fsp3) is 0.355. The lowest BCUT2D eigenvalue weighted by Gasteiger charge is -2.32. The van der Waals surface area contributed by atoms with E-state index in [1.165, 1.54) is 17.0 Å². The fourth-order valence-corrected chi connectivity index (χ4v) is 5.86. The van der Waals surface area contributed by atoms with Gasteiger partial charge in [-0.25, -0.2) is 8.42 Å². The van der Waals surface area contributed by atoms with E-state index < -0.39 is 28.5 Å². The summed E-state index contributed by atoms with van der Waals surface area (Å²) in [5.41, 5.74) is 3.78. The first-order valence-electron chi connectivity index (χ1n) is 13.4. The zero-order chi connectivity index (χ0) is 30.5. The molecule has 0 bridgehead atoms. The van der Waals surface area contributed by atoms with E-state index in [9.17, 15) is 18.0 Å². The van der Waals surface area contributed by atoms with Crippen molar-refractivity contribution >= 4 is 50.7 Å². The molecule has 0 saturated heterocycles. The second kappa shape index (κ2) is 13.7. The molecule has 0 aliphatic carbocycles. The Labute approximate surface area is 253 Å². The molecule has 0 unspecified atom stereocenters. The van der Waals surface area contributed by atoms with Crippen LogP contribution in [0, 0.1) is 20.8 Å². The van der Waals surface area contributed by atoms with Gasteiger partial charge < -0.3 is 10.2 Å². The quantitative estimate of drug-likeness (QED) is 0.268. The van der Waals surface area contributed by atoms with Crippen molar-refractivity contribution in [2.24, 2.45) is 0 Å². The van der Waals surface area contributed by atoms with Gasteiger partial charge in [0.05, 0.1) is 20.6 Å². The van der Waals surface area contributed by atoms with Crippen LogP contribution < -0.4 is 9.62 Å². The smallest absolute Gasteiger partial charge is 0.264 e. The van der Waals surface area contributed by atoms with E-state index in [2.05, 4.69) is 5.32 Å². The van der Waals surface area contributed by atoms with Crippen LogP contribution in [0.15, 0.2) is 65.6 Å². The Kier molecular flexibility index (Phi) is 10.9. The van der Waals surface area contributed by atoms with Gasteiger partial charge in [0.2, 0.25) is 11.8 Å². The first kappa shape index (κ1) is 32.4. The minimum Gasteiger partial charge on any atom is -0.352 e. The normalized spacial score (nSPS) is 12.9. The second-order valence-corrected chi connectivity index (χ2v) is 13.0. The molecule has 3 aromatic carbocycles. The number of rotatable bonds is 11. The van der Waals surface area contributed by atoms with Gasteiger partial charge >= 0.3 is 0 Å². The molecule has 0 heterocycles. The third-order valence-corrected chi connectivity index (χ3v) is 9.70. The number of nitrogens with one attached hydrogen (secondary N) is 1. The number of nitrogens with zero attached hydrogens (tertiary/aromatic N) is 2. The molecular formula is C31H37Cl2N3O4S. The molecule has 1 N–H and O–H groups in total. The summed E-state index contributed by atoms with van der Waals surface area (Å²) in [5, 5.41) is 3.59. The number of amides is 2. The summed E-state index contributed by atoms with van der Waals surface area (Å²) in [7, 11) is -4.14. The summed E-state index contributed by atoms with van der Waals surface area (Å²) >= 11 is 12.3. The first-order valence-corrected chi connectivity index (χ1v) is 15.6. The lowest BCUT2D eigenvalue weighted by molar-refractivity contribution is -0.139. The third-order valence-electron chi connectivity index (χ3n) is 7.17. The zero-order valence-electron chi connectivity index (χ0n) is 24.2. The largest absolute Gasteiger partial charge is 0.352 e. The van der Waals surface area contributed by atoms with E-state index in [-0.39, 0.29) is 23.4 Å². The van der Waals surface area contributed by atoms with Crippen LogP contribution in [0.25, 0.3) is 0 Å². The highest BCUT2D eigenvalue weighted by atomic mass is 35.5. The van der Waals surface area contributed by atoms with Gasteiger partial charge in [-0.1, -0.05) is 60.0 Å². The van der Waals surface area contributed by atoms with Crippen LogP contribution in [0.4, 0.5) is 5.69 Å². The molecule has 0 aliphatic rings. The third kappa shape index (κ3) is 8.03. The molecule has 220 valence electrons. The zero-order valence-corrected chi connectivity index (χ0v) is 26.6. The van der Waals surface area contributed by atoms with Gasteiger partial charge in [0.1, 0.15) is 12.6 Å². The van der Waals surface area contributed by atoms with E-state index in [0.717, 1.165) is 21.0 Å². The van der Waals surface area contributed by atoms with Crippen molar-refractivity contribution in [3.05, 3.63) is 93.0 Å². The van der Waals surface area contributed by atoms with Crippen molar-refractivity contribution in [2.75, 3.05) is 10.8 Å². The van der Waals surface area contributed by atoms with Crippen LogP contribution in [0.2, 0.25) is 10.0 Å². The SMILES string of the molecule is CC[C@@H](C)NC(=O)[C@H](C)N(Cc1ccc(Cl)c(Cl)c1)C(=O)CN(c1ccc(C)c(C)c1)S(=O)(=O)c1ccc(C)cc1. The minimum absolute atomic E-state index is 0.0240. The summed E-state index contributed by atoms with van der Waals surface area (Å²) in [6, 6.07) is 15.7. The number of aryl methyl sites for hydroxylation is 3. The maximum Gasteiger partial charge on any atom is 0.264 e. The maximum absolute atomic E-state index is 14.0. The Morgan fingerprint density at radius 1 is 0.878 bits per heavy atom. The number of benzene rings is 3. The molecule has 0 aromatic heterocycles. The lowest BCUT2D eigenvalue weighted by Crippen LogP contribution is -2.52. The van der Waals surface area contributed by atoms with Crippen molar-refractivity contribution in [1.82, 2.24) is 10.2 Å².